The smallest absolute Gasteiger partial charge is 0.134 e. The number of hydrogen-bond acceptors (Lipinski definition) is 3. The minimum atomic E-state index is 0.569. The Bertz CT molecular complexity index is 1270. The van der Waals surface area contributed by atoms with E-state index in [0.717, 1.165) is 47.8 Å². The monoisotopic (exact) mass is 537 g/mol. The number of thiazole rings is 1. The molecule has 30 heavy (non-hydrogen) atoms. The predicted molar refractivity (Wildman–Crippen MR) is 132 cm³/mol. The molecule has 2 heterocycles. The van der Waals surface area contributed by atoms with Gasteiger partial charge in [0.05, 0.1) is 11.3 Å². The fraction of sp³-hybridized carbons (Fsp3) is 0.0833. The van der Waals surface area contributed by atoms with Crippen LogP contribution in [0.5, 0.6) is 0 Å². The van der Waals surface area contributed by atoms with Crippen LogP contribution in [0.4, 0.5) is 0 Å². The molecule has 6 heteroatoms. The standard InChI is InChI=1S/C24H17Br2N3S/c1-15-11-18(16(2)29(15)22-9-7-21(26)8-10-22)12-19(13-27)24-28-23(14-30-24)17-3-5-20(25)6-4-17/h3-12,14H,1-2H3. The maximum absolute atomic E-state index is 9.80. The van der Waals surface area contributed by atoms with Crippen LogP contribution in [-0.2, 0) is 0 Å². The number of benzene rings is 2. The van der Waals surface area contributed by atoms with Crippen molar-refractivity contribution >= 4 is 54.8 Å². The fourth-order valence-electron chi connectivity index (χ4n) is 3.37. The summed E-state index contributed by atoms with van der Waals surface area (Å²) in [5.74, 6) is 0. The van der Waals surface area contributed by atoms with Crippen LogP contribution in [0, 0.1) is 25.2 Å². The van der Waals surface area contributed by atoms with Gasteiger partial charge in [0.2, 0.25) is 0 Å². The summed E-state index contributed by atoms with van der Waals surface area (Å²) in [5.41, 5.74) is 6.81. The molecule has 0 saturated heterocycles. The second-order valence-corrected chi connectivity index (χ2v) is 9.54. The number of halogens is 2. The van der Waals surface area contributed by atoms with E-state index < -0.39 is 0 Å². The molecule has 0 saturated carbocycles. The van der Waals surface area contributed by atoms with E-state index >= 15 is 0 Å². The van der Waals surface area contributed by atoms with Gasteiger partial charge >= 0.3 is 0 Å². The summed E-state index contributed by atoms with van der Waals surface area (Å²) in [7, 11) is 0. The molecule has 3 nitrogen and oxygen atoms in total. The van der Waals surface area contributed by atoms with E-state index in [1.807, 2.05) is 47.9 Å². The van der Waals surface area contributed by atoms with Gasteiger partial charge in [-0.2, -0.15) is 5.26 Å². The molecule has 148 valence electrons. The van der Waals surface area contributed by atoms with Crippen LogP contribution in [-0.4, -0.2) is 9.55 Å². The summed E-state index contributed by atoms with van der Waals surface area (Å²) in [6, 6.07) is 20.7. The van der Waals surface area contributed by atoms with Crippen molar-refractivity contribution < 1.29 is 0 Å². The molecule has 2 aromatic carbocycles. The first-order valence-corrected chi connectivity index (χ1v) is 11.7. The van der Waals surface area contributed by atoms with Gasteiger partial charge in [-0.3, -0.25) is 0 Å². The lowest BCUT2D eigenvalue weighted by Gasteiger charge is -2.09. The lowest BCUT2D eigenvalue weighted by Crippen LogP contribution is -1.98. The Labute approximate surface area is 196 Å². The van der Waals surface area contributed by atoms with Gasteiger partial charge in [-0.1, -0.05) is 44.0 Å². The van der Waals surface area contributed by atoms with Gasteiger partial charge in [-0.15, -0.1) is 11.3 Å². The lowest BCUT2D eigenvalue weighted by molar-refractivity contribution is 0.964. The van der Waals surface area contributed by atoms with E-state index in [9.17, 15) is 5.26 Å². The number of allylic oxidation sites excluding steroid dienone is 1. The topological polar surface area (TPSA) is 41.6 Å². The Morgan fingerprint density at radius 3 is 2.30 bits per heavy atom. The van der Waals surface area contributed by atoms with E-state index in [1.165, 1.54) is 11.3 Å². The highest BCUT2D eigenvalue weighted by molar-refractivity contribution is 9.10. The molecule has 2 aromatic heterocycles. The van der Waals surface area contributed by atoms with E-state index in [4.69, 9.17) is 4.98 Å². The van der Waals surface area contributed by atoms with Crippen LogP contribution < -0.4 is 0 Å². The Balaban J connectivity index is 1.70. The van der Waals surface area contributed by atoms with Gasteiger partial charge < -0.3 is 4.57 Å². The molecule has 0 bridgehead atoms. The summed E-state index contributed by atoms with van der Waals surface area (Å²) < 4.78 is 4.27. The molecule has 0 aliphatic heterocycles. The van der Waals surface area contributed by atoms with Gasteiger partial charge in [-0.05, 0) is 68.0 Å². The quantitative estimate of drug-likeness (QED) is 0.248. The zero-order chi connectivity index (χ0) is 21.3. The first-order chi connectivity index (χ1) is 14.5. The van der Waals surface area contributed by atoms with E-state index in [2.05, 4.69) is 74.5 Å². The highest BCUT2D eigenvalue weighted by Crippen LogP contribution is 2.30. The van der Waals surface area contributed by atoms with Gasteiger partial charge in [0, 0.05) is 37.0 Å². The third kappa shape index (κ3) is 4.20. The normalized spacial score (nSPS) is 11.5. The van der Waals surface area contributed by atoms with Gasteiger partial charge in [-0.25, -0.2) is 4.98 Å². The van der Waals surface area contributed by atoms with Crippen LogP contribution in [0.25, 0.3) is 28.6 Å². The van der Waals surface area contributed by atoms with Gasteiger partial charge in [0.1, 0.15) is 11.1 Å². The predicted octanol–water partition coefficient (Wildman–Crippen LogP) is 7.81. The van der Waals surface area contributed by atoms with Crippen molar-refractivity contribution in [2.24, 2.45) is 0 Å². The number of nitrogens with zero attached hydrogens (tertiary/aromatic N) is 3. The van der Waals surface area contributed by atoms with E-state index in [-0.39, 0.29) is 0 Å². The third-order valence-electron chi connectivity index (χ3n) is 4.85. The van der Waals surface area contributed by atoms with Crippen LogP contribution >= 0.6 is 43.2 Å². The van der Waals surface area contributed by atoms with E-state index in [1.54, 1.807) is 0 Å². The van der Waals surface area contributed by atoms with Crippen LogP contribution in [0.1, 0.15) is 22.0 Å². The summed E-state index contributed by atoms with van der Waals surface area (Å²) in [5, 5.41) is 12.5. The molecule has 0 fully saturated rings. The molecule has 4 aromatic rings. The summed E-state index contributed by atoms with van der Waals surface area (Å²) in [6.45, 7) is 4.15. The zero-order valence-corrected chi connectivity index (χ0v) is 20.3. The third-order valence-corrected chi connectivity index (χ3v) is 6.78. The van der Waals surface area contributed by atoms with Crippen molar-refractivity contribution in [1.29, 1.82) is 5.26 Å². The van der Waals surface area contributed by atoms with Crippen molar-refractivity contribution in [3.05, 3.63) is 90.9 Å². The molecular weight excluding hydrogens is 522 g/mol. The lowest BCUT2D eigenvalue weighted by atomic mass is 10.1. The summed E-state index contributed by atoms with van der Waals surface area (Å²) in [4.78, 5) is 4.70. The zero-order valence-electron chi connectivity index (χ0n) is 16.4. The second-order valence-electron chi connectivity index (χ2n) is 6.85. The molecule has 0 N–H and O–H groups in total. The van der Waals surface area contributed by atoms with Crippen molar-refractivity contribution in [3.63, 3.8) is 0 Å². The molecular formula is C24H17Br2N3S. The molecule has 0 spiro atoms. The number of nitriles is 1. The van der Waals surface area contributed by atoms with Crippen molar-refractivity contribution in [2.45, 2.75) is 13.8 Å². The average Bonchev–Trinajstić information content (AvgIpc) is 3.32. The molecule has 0 aliphatic carbocycles. The fourth-order valence-corrected chi connectivity index (χ4v) is 4.69. The molecule has 0 unspecified atom stereocenters. The largest absolute Gasteiger partial charge is 0.318 e. The molecule has 0 atom stereocenters. The van der Waals surface area contributed by atoms with Gasteiger partial charge in [0.25, 0.3) is 0 Å². The molecule has 4 rings (SSSR count). The Morgan fingerprint density at radius 2 is 1.67 bits per heavy atom. The van der Waals surface area contributed by atoms with Crippen LogP contribution in [0.2, 0.25) is 0 Å². The molecule has 0 amide bonds. The highest BCUT2D eigenvalue weighted by atomic mass is 79.9. The minimum Gasteiger partial charge on any atom is -0.318 e. The van der Waals surface area contributed by atoms with Crippen LogP contribution in [0.3, 0.4) is 0 Å². The minimum absolute atomic E-state index is 0.569. The maximum Gasteiger partial charge on any atom is 0.134 e. The SMILES string of the molecule is Cc1cc(C=C(C#N)c2nc(-c3ccc(Br)cc3)cs2)c(C)n1-c1ccc(Br)cc1. The first kappa shape index (κ1) is 20.8. The Hall–Kier alpha value is -2.46. The second kappa shape index (κ2) is 8.73. The average molecular weight is 539 g/mol. The van der Waals surface area contributed by atoms with E-state index in [0.29, 0.717) is 5.57 Å². The Kier molecular flexibility index (Phi) is 6.05. The molecule has 0 radical (unpaired) electrons. The highest BCUT2D eigenvalue weighted by Gasteiger charge is 2.13. The summed E-state index contributed by atoms with van der Waals surface area (Å²) in [6.07, 6.45) is 1.93. The Morgan fingerprint density at radius 1 is 1.03 bits per heavy atom. The number of hydrogen-bond donors (Lipinski definition) is 0. The van der Waals surface area contributed by atoms with Crippen molar-refractivity contribution in [1.82, 2.24) is 9.55 Å². The first-order valence-electron chi connectivity index (χ1n) is 9.25. The molecule has 0 aliphatic rings. The van der Waals surface area contributed by atoms with Crippen molar-refractivity contribution in [2.75, 3.05) is 0 Å². The van der Waals surface area contributed by atoms with Gasteiger partial charge in [0.15, 0.2) is 0 Å². The number of rotatable bonds is 4. The maximum atomic E-state index is 9.80. The van der Waals surface area contributed by atoms with Crippen LogP contribution in [0.15, 0.2) is 68.9 Å². The van der Waals surface area contributed by atoms with Crippen molar-refractivity contribution in [3.8, 4) is 23.0 Å². The number of aryl methyl sites for hydroxylation is 1. The summed E-state index contributed by atoms with van der Waals surface area (Å²) >= 11 is 8.43. The number of aromatic nitrogens is 2.